The van der Waals surface area contributed by atoms with Gasteiger partial charge in [0.1, 0.15) is 19.8 Å². The summed E-state index contributed by atoms with van der Waals surface area (Å²) >= 11 is 0. The molecule has 0 fully saturated rings. The van der Waals surface area contributed by atoms with E-state index in [1.165, 1.54) is 70.6 Å². The van der Waals surface area contributed by atoms with Crippen molar-refractivity contribution < 1.29 is 42.1 Å². The summed E-state index contributed by atoms with van der Waals surface area (Å²) in [6, 6.07) is 0. The molecule has 0 aromatic carbocycles. The van der Waals surface area contributed by atoms with Gasteiger partial charge in [-0.25, -0.2) is 0 Å². The molecule has 0 heterocycles. The van der Waals surface area contributed by atoms with Crippen LogP contribution in [0.1, 0.15) is 245 Å². The standard InChI is InChI=1S/C74H122NO8P/c1-6-8-10-12-14-16-18-20-22-24-26-28-30-32-34-36-37-39-40-42-44-46-48-50-52-54-56-58-60-62-64-66-73(76)80-70-72(71-82-84(78,79)81-69-68-75(3,4)5)83-74(77)67-65-63-61-59-57-55-53-51-49-47-45-43-41-38-35-33-31-29-27-25-23-21-19-17-15-13-11-9-7-2/h8-11,14-17,20-23,26-29,32-35,37,39,41,43,47,49,72H,6-7,12-13,18-19,24-25,30-31,36,38,40,42,44-46,48,50-71H2,1-5H3/b10-8-,11-9-,16-14-,17-15-,22-20-,23-21-,28-26-,29-27-,34-32-,35-33-,39-37-,43-41-,49-47-. The molecule has 0 N–H and O–H groups in total. The molecule has 0 aromatic rings. The first-order valence-electron chi connectivity index (χ1n) is 33.2. The third-order valence-electron chi connectivity index (χ3n) is 13.5. The van der Waals surface area contributed by atoms with Gasteiger partial charge in [-0.1, -0.05) is 268 Å². The zero-order valence-electron chi connectivity index (χ0n) is 54.0. The third kappa shape index (κ3) is 66.8. The monoisotopic (exact) mass is 1180 g/mol. The van der Waals surface area contributed by atoms with E-state index >= 15 is 0 Å². The van der Waals surface area contributed by atoms with Crippen LogP contribution in [0.25, 0.3) is 0 Å². The fourth-order valence-corrected chi connectivity index (χ4v) is 9.25. The lowest BCUT2D eigenvalue weighted by molar-refractivity contribution is -0.870. The Labute approximate surface area is 516 Å². The lowest BCUT2D eigenvalue weighted by Gasteiger charge is -2.28. The van der Waals surface area contributed by atoms with E-state index in [0.29, 0.717) is 17.4 Å². The molecule has 10 heteroatoms. The molecule has 0 bridgehead atoms. The van der Waals surface area contributed by atoms with E-state index in [0.717, 1.165) is 141 Å². The normalized spacial score (nSPS) is 14.2. The van der Waals surface area contributed by atoms with Crippen molar-refractivity contribution in [2.24, 2.45) is 0 Å². The number of likely N-dealkylation sites (N-methyl/N-ethyl adjacent to an activating group) is 1. The molecule has 2 atom stereocenters. The Kier molecular flexibility index (Phi) is 59.9. The number of allylic oxidation sites excluding steroid dienone is 26. The summed E-state index contributed by atoms with van der Waals surface area (Å²) in [5.41, 5.74) is 0. The summed E-state index contributed by atoms with van der Waals surface area (Å²) in [5, 5.41) is 0. The maximum atomic E-state index is 12.8. The topological polar surface area (TPSA) is 111 Å². The Morgan fingerprint density at radius 1 is 0.369 bits per heavy atom. The van der Waals surface area contributed by atoms with Gasteiger partial charge in [0.15, 0.2) is 6.10 Å². The van der Waals surface area contributed by atoms with Gasteiger partial charge in [0.2, 0.25) is 0 Å². The number of nitrogens with zero attached hydrogens (tertiary/aromatic N) is 1. The first-order valence-corrected chi connectivity index (χ1v) is 34.7. The molecule has 0 aliphatic carbocycles. The summed E-state index contributed by atoms with van der Waals surface area (Å²) < 4.78 is 34.3. The molecule has 9 nitrogen and oxygen atoms in total. The van der Waals surface area contributed by atoms with Crippen molar-refractivity contribution >= 4 is 19.8 Å². The highest BCUT2D eigenvalue weighted by molar-refractivity contribution is 7.45. The first kappa shape index (κ1) is 79.6. The predicted octanol–water partition coefficient (Wildman–Crippen LogP) is 21.0. The van der Waals surface area contributed by atoms with Crippen molar-refractivity contribution in [2.75, 3.05) is 47.5 Å². The number of hydrogen-bond donors (Lipinski definition) is 0. The molecule has 0 radical (unpaired) electrons. The Balaban J connectivity index is 4.17. The zero-order valence-corrected chi connectivity index (χ0v) is 54.9. The van der Waals surface area contributed by atoms with Gasteiger partial charge in [-0.2, -0.15) is 0 Å². The summed E-state index contributed by atoms with van der Waals surface area (Å²) in [6.45, 7) is 3.99. The molecule has 0 rings (SSSR count). The number of ether oxygens (including phenoxy) is 2. The molecule has 0 spiro atoms. The van der Waals surface area contributed by atoms with E-state index in [1.807, 2.05) is 21.1 Å². The molecule has 0 aromatic heterocycles. The average molecular weight is 1180 g/mol. The Morgan fingerprint density at radius 2 is 0.643 bits per heavy atom. The van der Waals surface area contributed by atoms with E-state index in [2.05, 4.69) is 172 Å². The van der Waals surface area contributed by atoms with Crippen LogP contribution in [0.4, 0.5) is 0 Å². The summed E-state index contributed by atoms with van der Waals surface area (Å²) in [6.07, 6.45) is 94.4. The van der Waals surface area contributed by atoms with Gasteiger partial charge < -0.3 is 27.9 Å². The second-order valence-corrected chi connectivity index (χ2v) is 24.1. The molecule has 2 unspecified atom stereocenters. The van der Waals surface area contributed by atoms with Gasteiger partial charge in [-0.15, -0.1) is 0 Å². The highest BCUT2D eigenvalue weighted by Gasteiger charge is 2.22. The average Bonchev–Trinajstić information content (AvgIpc) is 3.61. The Bertz CT molecular complexity index is 1970. The van der Waals surface area contributed by atoms with Crippen LogP contribution >= 0.6 is 7.82 Å². The van der Waals surface area contributed by atoms with Crippen molar-refractivity contribution in [3.8, 4) is 0 Å². The number of rotatable bonds is 59. The predicted molar refractivity (Wildman–Crippen MR) is 360 cm³/mol. The molecule has 0 saturated carbocycles. The smallest absolute Gasteiger partial charge is 0.306 e. The molecular formula is C74H122NO8P. The lowest BCUT2D eigenvalue weighted by Crippen LogP contribution is -2.37. The number of carbonyl (C=O) groups is 2. The van der Waals surface area contributed by atoms with Crippen LogP contribution in [0.3, 0.4) is 0 Å². The van der Waals surface area contributed by atoms with Gasteiger partial charge in [-0.05, 0) is 122 Å². The Morgan fingerprint density at radius 3 is 0.952 bits per heavy atom. The number of carbonyl (C=O) groups excluding carboxylic acids is 2. The highest BCUT2D eigenvalue weighted by atomic mass is 31.2. The zero-order chi connectivity index (χ0) is 61.2. The van der Waals surface area contributed by atoms with Crippen LogP contribution in [0.2, 0.25) is 0 Å². The number of unbranched alkanes of at least 4 members (excludes halogenated alkanes) is 19. The number of quaternary nitrogens is 1. The fourth-order valence-electron chi connectivity index (χ4n) is 8.52. The van der Waals surface area contributed by atoms with Crippen molar-refractivity contribution in [1.82, 2.24) is 0 Å². The SMILES string of the molecule is CC/C=C\C/C=C\C/C=C\C/C=C\C/C=C\C/C=C\C/C=C\CCCCCCCCCC(=O)OC(COC(=O)CCCCCCCCCCCCCC/C=C\C/C=C\C/C=C\C/C=C\C/C=C\C/C=C\CC)COP(=O)([O-])OCC[N+](C)(C)C. The van der Waals surface area contributed by atoms with Crippen LogP contribution in [-0.2, 0) is 32.7 Å². The lowest BCUT2D eigenvalue weighted by atomic mass is 10.0. The van der Waals surface area contributed by atoms with Crippen molar-refractivity contribution in [3.63, 3.8) is 0 Å². The minimum atomic E-state index is -4.66. The van der Waals surface area contributed by atoms with Crippen LogP contribution in [0.5, 0.6) is 0 Å². The van der Waals surface area contributed by atoms with Crippen LogP contribution in [0, 0.1) is 0 Å². The fraction of sp³-hybridized carbons (Fsp3) is 0.622. The van der Waals surface area contributed by atoms with Crippen LogP contribution in [0.15, 0.2) is 158 Å². The van der Waals surface area contributed by atoms with Crippen LogP contribution < -0.4 is 4.89 Å². The maximum Gasteiger partial charge on any atom is 0.306 e. The van der Waals surface area contributed by atoms with Crippen LogP contribution in [-0.4, -0.2) is 70.0 Å². The molecule has 476 valence electrons. The van der Waals surface area contributed by atoms with E-state index < -0.39 is 32.5 Å². The minimum Gasteiger partial charge on any atom is -0.756 e. The quantitative estimate of drug-likeness (QED) is 0.0195. The van der Waals surface area contributed by atoms with E-state index in [-0.39, 0.29) is 26.1 Å². The van der Waals surface area contributed by atoms with Gasteiger partial charge in [-0.3, -0.25) is 14.2 Å². The molecule has 0 aliphatic heterocycles. The van der Waals surface area contributed by atoms with Gasteiger partial charge in [0.05, 0.1) is 27.7 Å². The number of phosphoric acid groups is 1. The number of hydrogen-bond acceptors (Lipinski definition) is 8. The molecule has 84 heavy (non-hydrogen) atoms. The second kappa shape index (κ2) is 63.1. The van der Waals surface area contributed by atoms with Gasteiger partial charge in [0, 0.05) is 12.8 Å². The molecule has 0 aliphatic rings. The third-order valence-corrected chi connectivity index (χ3v) is 14.5. The van der Waals surface area contributed by atoms with Crippen molar-refractivity contribution in [3.05, 3.63) is 158 Å². The van der Waals surface area contributed by atoms with Crippen molar-refractivity contribution in [1.29, 1.82) is 0 Å². The van der Waals surface area contributed by atoms with Gasteiger partial charge in [0.25, 0.3) is 7.82 Å². The van der Waals surface area contributed by atoms with Crippen molar-refractivity contribution in [2.45, 2.75) is 251 Å². The minimum absolute atomic E-state index is 0.0419. The number of esters is 2. The van der Waals surface area contributed by atoms with E-state index in [9.17, 15) is 19.0 Å². The van der Waals surface area contributed by atoms with E-state index in [1.54, 1.807) is 0 Å². The number of phosphoric ester groups is 1. The van der Waals surface area contributed by atoms with E-state index in [4.69, 9.17) is 18.5 Å². The molecular weight excluding hydrogens is 1060 g/mol. The van der Waals surface area contributed by atoms with Gasteiger partial charge >= 0.3 is 11.9 Å². The Hall–Kier alpha value is -4.37. The molecule has 0 saturated heterocycles. The summed E-state index contributed by atoms with van der Waals surface area (Å²) in [4.78, 5) is 38.0. The highest BCUT2D eigenvalue weighted by Crippen LogP contribution is 2.38. The summed E-state index contributed by atoms with van der Waals surface area (Å²) in [7, 11) is 1.14. The largest absolute Gasteiger partial charge is 0.756 e. The molecule has 0 amide bonds. The maximum absolute atomic E-state index is 12.8. The second-order valence-electron chi connectivity index (χ2n) is 22.7. The summed E-state index contributed by atoms with van der Waals surface area (Å²) in [5.74, 6) is -0.857. The first-order chi connectivity index (χ1) is 41.0.